The molecule has 0 aliphatic carbocycles. The number of aliphatic hydroxyl groups is 1. The number of nitrogens with one attached hydrogen (secondary N) is 1. The van der Waals surface area contributed by atoms with Gasteiger partial charge in [-0.3, -0.25) is 13.8 Å². The Hall–Kier alpha value is -1.80. The highest BCUT2D eigenvalue weighted by molar-refractivity contribution is 7.47. The maximum absolute atomic E-state index is 12.8. The van der Waals surface area contributed by atoms with Gasteiger partial charge in [0.1, 0.15) is 13.2 Å². The van der Waals surface area contributed by atoms with Crippen LogP contribution in [-0.2, 0) is 18.4 Å². The van der Waals surface area contributed by atoms with Gasteiger partial charge in [0.2, 0.25) is 5.91 Å². The Labute approximate surface area is 339 Å². The van der Waals surface area contributed by atoms with Gasteiger partial charge in [-0.05, 0) is 77.0 Å². The van der Waals surface area contributed by atoms with Gasteiger partial charge in [-0.1, -0.05) is 152 Å². The molecular formula is C46H86N2O6P+. The summed E-state index contributed by atoms with van der Waals surface area (Å²) in [5.41, 5.74) is 0. The predicted octanol–water partition coefficient (Wildman–Crippen LogP) is 12.2. The fraction of sp³-hybridized carbons (Fsp3) is 0.761. The number of nitrogens with zero attached hydrogens (tertiary/aromatic N) is 1. The molecule has 0 aromatic rings. The Bertz CT molecular complexity index is 1080. The van der Waals surface area contributed by atoms with Crippen molar-refractivity contribution < 1.29 is 32.9 Å². The average molecular weight is 794 g/mol. The van der Waals surface area contributed by atoms with Gasteiger partial charge in [-0.2, -0.15) is 0 Å². The number of carbonyl (C=O) groups is 1. The van der Waals surface area contributed by atoms with E-state index in [0.717, 1.165) is 70.6 Å². The topological polar surface area (TPSA) is 105 Å². The van der Waals surface area contributed by atoms with E-state index in [2.05, 4.69) is 67.8 Å². The van der Waals surface area contributed by atoms with Gasteiger partial charge in [-0.15, -0.1) is 0 Å². The second kappa shape index (κ2) is 37.8. The van der Waals surface area contributed by atoms with Crippen molar-refractivity contribution >= 4 is 13.7 Å². The highest BCUT2D eigenvalue weighted by Crippen LogP contribution is 2.43. The molecule has 320 valence electrons. The van der Waals surface area contributed by atoms with Crippen molar-refractivity contribution in [3.8, 4) is 0 Å². The number of allylic oxidation sites excluding steroid dienone is 9. The Kier molecular flexibility index (Phi) is 36.5. The van der Waals surface area contributed by atoms with E-state index in [9.17, 15) is 19.4 Å². The number of amides is 1. The lowest BCUT2D eigenvalue weighted by molar-refractivity contribution is -0.870. The maximum Gasteiger partial charge on any atom is 0.472 e. The van der Waals surface area contributed by atoms with Crippen LogP contribution in [0, 0.1) is 0 Å². The number of hydrogen-bond acceptors (Lipinski definition) is 5. The third-order valence-corrected chi connectivity index (χ3v) is 10.4. The normalized spacial score (nSPS) is 15.0. The first-order chi connectivity index (χ1) is 26.5. The summed E-state index contributed by atoms with van der Waals surface area (Å²) in [4.78, 5) is 23.1. The van der Waals surface area contributed by atoms with Gasteiger partial charge in [0, 0.05) is 6.42 Å². The van der Waals surface area contributed by atoms with E-state index in [-0.39, 0.29) is 19.1 Å². The third kappa shape index (κ3) is 40.2. The first kappa shape index (κ1) is 53.2. The Morgan fingerprint density at radius 3 is 1.60 bits per heavy atom. The molecule has 0 spiro atoms. The molecule has 0 rings (SSSR count). The molecule has 0 aliphatic heterocycles. The molecule has 1 amide bonds. The van der Waals surface area contributed by atoms with Crippen molar-refractivity contribution in [1.29, 1.82) is 0 Å². The molecule has 0 bridgehead atoms. The summed E-state index contributed by atoms with van der Waals surface area (Å²) in [6.07, 6.45) is 48.6. The molecule has 0 aromatic heterocycles. The van der Waals surface area contributed by atoms with Crippen molar-refractivity contribution in [3.05, 3.63) is 60.8 Å². The molecule has 55 heavy (non-hydrogen) atoms. The fourth-order valence-corrected chi connectivity index (χ4v) is 6.60. The first-order valence-corrected chi connectivity index (χ1v) is 23.7. The minimum Gasteiger partial charge on any atom is -0.387 e. The molecule has 0 saturated carbocycles. The van der Waals surface area contributed by atoms with Crippen LogP contribution >= 0.6 is 7.82 Å². The zero-order chi connectivity index (χ0) is 40.7. The number of phosphoric ester groups is 1. The minimum atomic E-state index is -4.35. The number of phosphoric acid groups is 1. The fourth-order valence-electron chi connectivity index (χ4n) is 5.87. The van der Waals surface area contributed by atoms with Gasteiger partial charge in [0.15, 0.2) is 0 Å². The van der Waals surface area contributed by atoms with Gasteiger partial charge in [0.05, 0.1) is 39.9 Å². The summed E-state index contributed by atoms with van der Waals surface area (Å²) in [7, 11) is 1.53. The second-order valence-electron chi connectivity index (χ2n) is 16.0. The van der Waals surface area contributed by atoms with Crippen molar-refractivity contribution in [2.24, 2.45) is 0 Å². The van der Waals surface area contributed by atoms with E-state index < -0.39 is 20.0 Å². The van der Waals surface area contributed by atoms with Gasteiger partial charge in [0.25, 0.3) is 0 Å². The SMILES string of the molecule is CCCCC/C=C\C/C=C\CCCCCCCC(=O)NC(COP(=O)(O)OCC[N+](C)(C)C)C(O)/C=C/CC/C=C/CC/C=C/CCCCCCCCCC. The molecule has 3 N–H and O–H groups in total. The van der Waals surface area contributed by atoms with E-state index in [4.69, 9.17) is 9.05 Å². The standard InChI is InChI=1S/C46H85N2O6P/c1-6-8-10-12-14-16-18-20-22-23-24-26-27-29-31-33-35-37-39-45(49)44(43-54-55(51,52)53-42-41-48(3,4)5)47-46(50)40-38-36-34-32-30-28-25-21-19-17-15-13-11-9-7-2/h15,17,21,23-25,29,31,37,39,44-45,49H,6-14,16,18-20,22,26-28,30,32-36,38,40-43H2,1-5H3,(H-,47,50,51,52)/p+1/b17-15-,24-23+,25-21-,31-29+,39-37+. The van der Waals surface area contributed by atoms with Crippen LogP contribution in [0.2, 0.25) is 0 Å². The van der Waals surface area contributed by atoms with E-state index in [1.165, 1.54) is 83.5 Å². The number of carbonyl (C=O) groups excluding carboxylic acids is 1. The van der Waals surface area contributed by atoms with E-state index in [1.807, 2.05) is 27.2 Å². The van der Waals surface area contributed by atoms with Crippen molar-refractivity contribution in [2.75, 3.05) is 40.9 Å². The summed E-state index contributed by atoms with van der Waals surface area (Å²) >= 11 is 0. The van der Waals surface area contributed by atoms with Crippen molar-refractivity contribution in [2.45, 2.75) is 187 Å². The van der Waals surface area contributed by atoms with Crippen molar-refractivity contribution in [1.82, 2.24) is 5.32 Å². The smallest absolute Gasteiger partial charge is 0.387 e. The molecule has 8 nitrogen and oxygen atoms in total. The lowest BCUT2D eigenvalue weighted by Crippen LogP contribution is -2.45. The van der Waals surface area contributed by atoms with E-state index >= 15 is 0 Å². The number of rotatable bonds is 39. The summed E-state index contributed by atoms with van der Waals surface area (Å²) in [5.74, 6) is -0.208. The molecule has 0 radical (unpaired) electrons. The Balaban J connectivity index is 4.56. The highest BCUT2D eigenvalue weighted by Gasteiger charge is 2.27. The Morgan fingerprint density at radius 2 is 1.05 bits per heavy atom. The predicted molar refractivity (Wildman–Crippen MR) is 235 cm³/mol. The molecule has 0 fully saturated rings. The summed E-state index contributed by atoms with van der Waals surface area (Å²) in [6.45, 7) is 4.72. The molecule has 0 aliphatic rings. The molecular weight excluding hydrogens is 707 g/mol. The van der Waals surface area contributed by atoms with Gasteiger partial charge < -0.3 is 19.8 Å². The summed E-state index contributed by atoms with van der Waals surface area (Å²) in [5, 5.41) is 13.8. The number of quaternary nitrogens is 1. The number of hydrogen-bond donors (Lipinski definition) is 3. The van der Waals surface area contributed by atoms with Crippen LogP contribution in [0.3, 0.4) is 0 Å². The molecule has 9 heteroatoms. The quantitative estimate of drug-likeness (QED) is 0.0248. The molecule has 3 atom stereocenters. The van der Waals surface area contributed by atoms with Crippen LogP contribution in [0.5, 0.6) is 0 Å². The van der Waals surface area contributed by atoms with Crippen LogP contribution in [0.1, 0.15) is 174 Å². The first-order valence-electron chi connectivity index (χ1n) is 22.2. The van der Waals surface area contributed by atoms with Gasteiger partial charge >= 0.3 is 7.82 Å². The highest BCUT2D eigenvalue weighted by atomic mass is 31.2. The summed E-state index contributed by atoms with van der Waals surface area (Å²) < 4.78 is 23.5. The van der Waals surface area contributed by atoms with Crippen LogP contribution in [-0.4, -0.2) is 73.4 Å². The zero-order valence-corrected chi connectivity index (χ0v) is 37.0. The molecule has 3 unspecified atom stereocenters. The van der Waals surface area contributed by atoms with Crippen LogP contribution < -0.4 is 5.32 Å². The average Bonchev–Trinajstić information content (AvgIpc) is 3.13. The zero-order valence-electron chi connectivity index (χ0n) is 36.1. The molecule has 0 aromatic carbocycles. The molecule has 0 heterocycles. The van der Waals surface area contributed by atoms with Crippen LogP contribution in [0.15, 0.2) is 60.8 Å². The monoisotopic (exact) mass is 794 g/mol. The number of likely N-dealkylation sites (N-methyl/N-ethyl adjacent to an activating group) is 1. The molecule has 0 saturated heterocycles. The maximum atomic E-state index is 12.8. The van der Waals surface area contributed by atoms with Crippen LogP contribution in [0.25, 0.3) is 0 Å². The minimum absolute atomic E-state index is 0.0483. The van der Waals surface area contributed by atoms with Gasteiger partial charge in [-0.25, -0.2) is 4.57 Å². The lowest BCUT2D eigenvalue weighted by atomic mass is 10.1. The number of unbranched alkanes of at least 4 members (excludes halogenated alkanes) is 18. The Morgan fingerprint density at radius 1 is 0.618 bits per heavy atom. The largest absolute Gasteiger partial charge is 0.472 e. The second-order valence-corrected chi connectivity index (χ2v) is 17.5. The van der Waals surface area contributed by atoms with E-state index in [0.29, 0.717) is 17.4 Å². The third-order valence-electron chi connectivity index (χ3n) is 9.44. The van der Waals surface area contributed by atoms with Crippen molar-refractivity contribution in [3.63, 3.8) is 0 Å². The lowest BCUT2D eigenvalue weighted by Gasteiger charge is -2.25. The van der Waals surface area contributed by atoms with E-state index in [1.54, 1.807) is 6.08 Å². The number of aliphatic hydroxyl groups excluding tert-OH is 1. The summed E-state index contributed by atoms with van der Waals surface area (Å²) in [6, 6.07) is -0.877. The van der Waals surface area contributed by atoms with Crippen LogP contribution in [0.4, 0.5) is 0 Å².